The first-order chi connectivity index (χ1) is 10.3. The molecule has 0 saturated carbocycles. The second kappa shape index (κ2) is 5.97. The van der Waals surface area contributed by atoms with E-state index in [9.17, 15) is 4.79 Å². The first-order valence-electron chi connectivity index (χ1n) is 7.03. The van der Waals surface area contributed by atoms with Gasteiger partial charge in [-0.15, -0.1) is 0 Å². The minimum atomic E-state index is -0.562. The van der Waals surface area contributed by atoms with Crippen LogP contribution in [0.5, 0.6) is 0 Å². The number of amides is 1. The molecule has 0 aromatic heterocycles. The molecule has 0 spiro atoms. The van der Waals surface area contributed by atoms with E-state index in [4.69, 9.17) is 9.57 Å². The van der Waals surface area contributed by atoms with Gasteiger partial charge < -0.3 is 4.74 Å². The molecule has 1 amide bonds. The maximum atomic E-state index is 11.2. The summed E-state index contributed by atoms with van der Waals surface area (Å²) in [5.41, 5.74) is 8.50. The third-order valence-corrected chi connectivity index (χ3v) is 3.61. The number of hydrogen-bond acceptors (Lipinski definition) is 3. The molecular formula is C17H17NO3. The Morgan fingerprint density at radius 3 is 2.81 bits per heavy atom. The quantitative estimate of drug-likeness (QED) is 0.746. The monoisotopic (exact) mass is 283 g/mol. The third-order valence-electron chi connectivity index (χ3n) is 3.61. The summed E-state index contributed by atoms with van der Waals surface area (Å²) in [6, 6.07) is 14.6. The van der Waals surface area contributed by atoms with E-state index in [-0.39, 0.29) is 0 Å². The van der Waals surface area contributed by atoms with Crippen molar-refractivity contribution in [2.75, 3.05) is 6.61 Å². The number of carbonyl (C=O) groups excluding carboxylic acids is 1. The number of nitrogens with one attached hydrogen (secondary N) is 1. The summed E-state index contributed by atoms with van der Waals surface area (Å²) in [7, 11) is 0. The SMILES string of the molecule is CCOC(=O)NOCc1cccc2c1Cc1ccccc1-2. The van der Waals surface area contributed by atoms with E-state index in [2.05, 4.69) is 35.8 Å². The molecule has 0 fully saturated rings. The average molecular weight is 283 g/mol. The second-order valence-corrected chi connectivity index (χ2v) is 4.89. The van der Waals surface area contributed by atoms with Gasteiger partial charge in [0.15, 0.2) is 0 Å². The van der Waals surface area contributed by atoms with Gasteiger partial charge in [0.25, 0.3) is 0 Å². The standard InChI is InChI=1S/C17H17NO3/c1-2-20-17(19)18-21-11-13-7-5-9-15-14-8-4-3-6-12(14)10-16(13)15/h3-9H,2,10-11H2,1H3,(H,18,19). The Balaban J connectivity index is 1.73. The van der Waals surface area contributed by atoms with Crippen LogP contribution in [0.4, 0.5) is 4.79 Å². The Morgan fingerprint density at radius 1 is 1.14 bits per heavy atom. The van der Waals surface area contributed by atoms with Gasteiger partial charge in [-0.3, -0.25) is 4.84 Å². The summed E-state index contributed by atoms with van der Waals surface area (Å²) in [5, 5.41) is 0. The maximum absolute atomic E-state index is 11.2. The van der Waals surface area contributed by atoms with Crippen molar-refractivity contribution >= 4 is 6.09 Å². The van der Waals surface area contributed by atoms with E-state index in [1.807, 2.05) is 12.1 Å². The molecule has 108 valence electrons. The molecule has 0 atom stereocenters. The summed E-state index contributed by atoms with van der Waals surface area (Å²) >= 11 is 0. The third kappa shape index (κ3) is 2.76. The molecule has 3 rings (SSSR count). The lowest BCUT2D eigenvalue weighted by Crippen LogP contribution is -2.24. The average Bonchev–Trinajstić information content (AvgIpc) is 2.87. The predicted molar refractivity (Wildman–Crippen MR) is 79.6 cm³/mol. The summed E-state index contributed by atoms with van der Waals surface area (Å²) in [4.78, 5) is 16.4. The molecule has 0 unspecified atom stereocenters. The summed E-state index contributed by atoms with van der Waals surface area (Å²) in [6.07, 6.45) is 0.345. The number of rotatable bonds is 4. The van der Waals surface area contributed by atoms with Crippen molar-refractivity contribution in [1.29, 1.82) is 0 Å². The van der Waals surface area contributed by atoms with Gasteiger partial charge in [-0.1, -0.05) is 42.5 Å². The first kappa shape index (κ1) is 13.6. The lowest BCUT2D eigenvalue weighted by Gasteiger charge is -2.09. The van der Waals surface area contributed by atoms with Crippen LogP contribution in [0.1, 0.15) is 23.6 Å². The van der Waals surface area contributed by atoms with Crippen molar-refractivity contribution in [3.8, 4) is 11.1 Å². The number of ether oxygens (including phenoxy) is 1. The Hall–Kier alpha value is -2.33. The summed E-state index contributed by atoms with van der Waals surface area (Å²) in [5.74, 6) is 0. The first-order valence-corrected chi connectivity index (χ1v) is 7.03. The van der Waals surface area contributed by atoms with Crippen molar-refractivity contribution < 1.29 is 14.4 Å². The highest BCUT2D eigenvalue weighted by Gasteiger charge is 2.20. The lowest BCUT2D eigenvalue weighted by molar-refractivity contribution is 0.0197. The Bertz CT molecular complexity index is 667. The molecule has 0 aliphatic heterocycles. The molecule has 4 nitrogen and oxygen atoms in total. The molecule has 1 aliphatic rings. The van der Waals surface area contributed by atoms with Crippen LogP contribution in [0.15, 0.2) is 42.5 Å². The van der Waals surface area contributed by atoms with E-state index in [1.54, 1.807) is 6.92 Å². The zero-order chi connectivity index (χ0) is 14.7. The lowest BCUT2D eigenvalue weighted by atomic mass is 10.0. The largest absolute Gasteiger partial charge is 0.448 e. The van der Waals surface area contributed by atoms with Gasteiger partial charge >= 0.3 is 6.09 Å². The fourth-order valence-electron chi connectivity index (χ4n) is 2.69. The molecule has 4 heteroatoms. The van der Waals surface area contributed by atoms with E-state index < -0.39 is 6.09 Å². The number of carbonyl (C=O) groups is 1. The zero-order valence-corrected chi connectivity index (χ0v) is 11.9. The van der Waals surface area contributed by atoms with Crippen molar-refractivity contribution in [2.24, 2.45) is 0 Å². The summed E-state index contributed by atoms with van der Waals surface area (Å²) < 4.78 is 4.75. The topological polar surface area (TPSA) is 47.6 Å². The van der Waals surface area contributed by atoms with Crippen molar-refractivity contribution in [3.05, 3.63) is 59.2 Å². The highest BCUT2D eigenvalue weighted by molar-refractivity contribution is 5.77. The molecule has 0 heterocycles. The van der Waals surface area contributed by atoms with Gasteiger partial charge in [0, 0.05) is 0 Å². The van der Waals surface area contributed by atoms with Crippen LogP contribution >= 0.6 is 0 Å². The molecule has 1 aliphatic carbocycles. The van der Waals surface area contributed by atoms with Gasteiger partial charge in [-0.05, 0) is 41.2 Å². The molecule has 0 saturated heterocycles. The minimum Gasteiger partial charge on any atom is -0.448 e. The number of fused-ring (bicyclic) bond motifs is 3. The fourth-order valence-corrected chi connectivity index (χ4v) is 2.69. The smallest absolute Gasteiger partial charge is 0.431 e. The van der Waals surface area contributed by atoms with E-state index in [1.165, 1.54) is 22.3 Å². The molecule has 2 aromatic rings. The molecule has 2 aromatic carbocycles. The summed E-state index contributed by atoms with van der Waals surface area (Å²) in [6.45, 7) is 2.40. The van der Waals surface area contributed by atoms with Gasteiger partial charge in [-0.25, -0.2) is 4.79 Å². The van der Waals surface area contributed by atoms with Crippen LogP contribution in [0, 0.1) is 0 Å². The van der Waals surface area contributed by atoms with Gasteiger partial charge in [0.2, 0.25) is 0 Å². The van der Waals surface area contributed by atoms with Crippen LogP contribution in [0.25, 0.3) is 11.1 Å². The fraction of sp³-hybridized carbons (Fsp3) is 0.235. The molecule has 0 bridgehead atoms. The highest BCUT2D eigenvalue weighted by Crippen LogP contribution is 2.38. The molecule has 0 radical (unpaired) electrons. The maximum Gasteiger partial charge on any atom is 0.431 e. The van der Waals surface area contributed by atoms with E-state index in [0.29, 0.717) is 13.2 Å². The second-order valence-electron chi connectivity index (χ2n) is 4.89. The number of benzene rings is 2. The zero-order valence-electron chi connectivity index (χ0n) is 11.9. The van der Waals surface area contributed by atoms with Gasteiger partial charge in [0.1, 0.15) is 6.61 Å². The Labute approximate surface area is 123 Å². The Kier molecular flexibility index (Phi) is 3.88. The van der Waals surface area contributed by atoms with Crippen LogP contribution in [0.3, 0.4) is 0 Å². The van der Waals surface area contributed by atoms with Crippen LogP contribution in [-0.2, 0) is 22.6 Å². The van der Waals surface area contributed by atoms with Crippen LogP contribution < -0.4 is 5.48 Å². The number of hydroxylamine groups is 1. The van der Waals surface area contributed by atoms with Crippen molar-refractivity contribution in [2.45, 2.75) is 20.0 Å². The molecular weight excluding hydrogens is 266 g/mol. The van der Waals surface area contributed by atoms with E-state index >= 15 is 0 Å². The van der Waals surface area contributed by atoms with Crippen LogP contribution in [-0.4, -0.2) is 12.7 Å². The molecule has 21 heavy (non-hydrogen) atoms. The molecule has 1 N–H and O–H groups in total. The van der Waals surface area contributed by atoms with Crippen LogP contribution in [0.2, 0.25) is 0 Å². The van der Waals surface area contributed by atoms with Crippen molar-refractivity contribution in [1.82, 2.24) is 5.48 Å². The van der Waals surface area contributed by atoms with Gasteiger partial charge in [-0.2, -0.15) is 5.48 Å². The normalized spacial score (nSPS) is 11.7. The van der Waals surface area contributed by atoms with Gasteiger partial charge in [0.05, 0.1) is 6.61 Å². The predicted octanol–water partition coefficient (Wildman–Crippen LogP) is 3.44. The Morgan fingerprint density at radius 2 is 1.95 bits per heavy atom. The minimum absolute atomic E-state index is 0.325. The highest BCUT2D eigenvalue weighted by atomic mass is 16.7. The van der Waals surface area contributed by atoms with E-state index in [0.717, 1.165) is 12.0 Å². The number of hydrogen-bond donors (Lipinski definition) is 1. The van der Waals surface area contributed by atoms with Crippen molar-refractivity contribution in [3.63, 3.8) is 0 Å².